The molecule has 2 heterocycles. The number of hydrogen-bond acceptors (Lipinski definition) is 6. The van der Waals surface area contributed by atoms with Gasteiger partial charge in [-0.05, 0) is 19.0 Å². The van der Waals surface area contributed by atoms with Gasteiger partial charge in [0.25, 0.3) is 0 Å². The molecule has 1 aliphatic rings. The van der Waals surface area contributed by atoms with Crippen molar-refractivity contribution in [3.8, 4) is 0 Å². The smallest absolute Gasteiger partial charge is 0.224 e. The van der Waals surface area contributed by atoms with Crippen molar-refractivity contribution in [3.05, 3.63) is 12.3 Å². The number of hydrogen-bond donors (Lipinski definition) is 2. The molecule has 1 aromatic heterocycles. The van der Waals surface area contributed by atoms with E-state index in [9.17, 15) is 0 Å². The first-order valence-corrected chi connectivity index (χ1v) is 6.42. The molecule has 0 aromatic carbocycles. The Bertz CT molecular complexity index is 373. The lowest BCUT2D eigenvalue weighted by Crippen LogP contribution is -2.32. The van der Waals surface area contributed by atoms with Gasteiger partial charge in [0.05, 0.1) is 6.61 Å². The summed E-state index contributed by atoms with van der Waals surface area (Å²) in [4.78, 5) is 13.2. The van der Waals surface area contributed by atoms with E-state index in [4.69, 9.17) is 5.11 Å². The van der Waals surface area contributed by atoms with Crippen molar-refractivity contribution in [2.75, 3.05) is 56.6 Å². The third kappa shape index (κ3) is 3.30. The maximum Gasteiger partial charge on any atom is 0.224 e. The van der Waals surface area contributed by atoms with Gasteiger partial charge in [0.2, 0.25) is 5.95 Å². The van der Waals surface area contributed by atoms with Gasteiger partial charge in [0.1, 0.15) is 5.82 Å². The third-order valence-electron chi connectivity index (χ3n) is 3.19. The number of aliphatic hydroxyl groups is 1. The van der Waals surface area contributed by atoms with E-state index in [0.29, 0.717) is 5.95 Å². The van der Waals surface area contributed by atoms with Crippen molar-refractivity contribution in [1.29, 1.82) is 0 Å². The Kier molecular flexibility index (Phi) is 4.72. The minimum absolute atomic E-state index is 0.234. The molecule has 100 valence electrons. The summed E-state index contributed by atoms with van der Waals surface area (Å²) < 4.78 is 0. The molecule has 2 rings (SSSR count). The van der Waals surface area contributed by atoms with Crippen LogP contribution in [0.5, 0.6) is 0 Å². The van der Waals surface area contributed by atoms with Gasteiger partial charge in [0.15, 0.2) is 0 Å². The molecule has 1 fully saturated rings. The van der Waals surface area contributed by atoms with Gasteiger partial charge >= 0.3 is 0 Å². The summed E-state index contributed by atoms with van der Waals surface area (Å²) in [7, 11) is 1.82. The van der Waals surface area contributed by atoms with Crippen molar-refractivity contribution in [2.45, 2.75) is 6.42 Å². The number of nitrogens with one attached hydrogen (secondary N) is 1. The van der Waals surface area contributed by atoms with Gasteiger partial charge < -0.3 is 15.3 Å². The van der Waals surface area contributed by atoms with E-state index in [-0.39, 0.29) is 6.61 Å². The molecule has 0 unspecified atom stereocenters. The molecule has 0 bridgehead atoms. The van der Waals surface area contributed by atoms with E-state index in [1.165, 1.54) is 0 Å². The van der Waals surface area contributed by atoms with Crippen LogP contribution in [0.2, 0.25) is 0 Å². The summed E-state index contributed by atoms with van der Waals surface area (Å²) in [6.07, 6.45) is 2.88. The second kappa shape index (κ2) is 6.51. The molecule has 0 spiro atoms. The average Bonchev–Trinajstić information content (AvgIpc) is 2.65. The quantitative estimate of drug-likeness (QED) is 0.787. The summed E-state index contributed by atoms with van der Waals surface area (Å²) in [5, 5.41) is 11.9. The molecule has 1 aromatic rings. The van der Waals surface area contributed by atoms with Gasteiger partial charge in [-0.2, -0.15) is 4.98 Å². The Hall–Kier alpha value is -1.40. The fraction of sp³-hybridized carbons (Fsp3) is 0.667. The lowest BCUT2D eigenvalue weighted by atomic mass is 10.4. The molecule has 1 saturated heterocycles. The molecule has 18 heavy (non-hydrogen) atoms. The lowest BCUT2D eigenvalue weighted by molar-refractivity contribution is 0.204. The van der Waals surface area contributed by atoms with Gasteiger partial charge in [-0.1, -0.05) is 0 Å². The zero-order valence-corrected chi connectivity index (χ0v) is 10.8. The van der Waals surface area contributed by atoms with Crippen LogP contribution in [-0.4, -0.2) is 66.4 Å². The van der Waals surface area contributed by atoms with E-state index in [0.717, 1.165) is 45.0 Å². The van der Waals surface area contributed by atoms with E-state index in [1.54, 1.807) is 6.20 Å². The number of aliphatic hydroxyl groups excluding tert-OH is 1. The Labute approximate surface area is 108 Å². The number of aromatic nitrogens is 2. The number of nitrogens with zero attached hydrogens (tertiary/aromatic N) is 4. The van der Waals surface area contributed by atoms with E-state index < -0.39 is 0 Å². The molecule has 6 nitrogen and oxygen atoms in total. The summed E-state index contributed by atoms with van der Waals surface area (Å²) in [5.74, 6) is 1.63. The van der Waals surface area contributed by atoms with E-state index in [2.05, 4.69) is 25.1 Å². The molecule has 0 radical (unpaired) electrons. The van der Waals surface area contributed by atoms with Crippen LogP contribution >= 0.6 is 0 Å². The van der Waals surface area contributed by atoms with Gasteiger partial charge in [-0.15, -0.1) is 0 Å². The molecule has 0 aliphatic carbocycles. The predicted molar refractivity (Wildman–Crippen MR) is 71.9 cm³/mol. The molecular weight excluding hydrogens is 230 g/mol. The van der Waals surface area contributed by atoms with Crippen LogP contribution in [0.3, 0.4) is 0 Å². The lowest BCUT2D eigenvalue weighted by Gasteiger charge is -2.22. The summed E-state index contributed by atoms with van der Waals surface area (Å²) in [6, 6.07) is 1.95. The second-order valence-electron chi connectivity index (χ2n) is 4.39. The Morgan fingerprint density at radius 3 is 3.00 bits per heavy atom. The fourth-order valence-corrected chi connectivity index (χ4v) is 2.21. The maximum absolute atomic E-state index is 8.98. The maximum atomic E-state index is 8.98. The summed E-state index contributed by atoms with van der Waals surface area (Å²) >= 11 is 0. The minimum atomic E-state index is 0.234. The second-order valence-corrected chi connectivity index (χ2v) is 4.39. The standard InChI is InChI=1S/C12H21N5O/c1-13-12-14-4-3-11(15-12)17-6-2-5-16(7-8-17)9-10-18/h3-4,18H,2,5-10H2,1H3,(H,13,14,15). The monoisotopic (exact) mass is 251 g/mol. The number of rotatable bonds is 4. The fourth-order valence-electron chi connectivity index (χ4n) is 2.21. The van der Waals surface area contributed by atoms with Crippen LogP contribution in [0.15, 0.2) is 12.3 Å². The summed E-state index contributed by atoms with van der Waals surface area (Å²) in [6.45, 7) is 4.96. The van der Waals surface area contributed by atoms with Crippen LogP contribution in [-0.2, 0) is 0 Å². The first-order valence-electron chi connectivity index (χ1n) is 6.42. The molecule has 2 N–H and O–H groups in total. The first-order chi connectivity index (χ1) is 8.83. The average molecular weight is 251 g/mol. The zero-order valence-electron chi connectivity index (χ0n) is 10.8. The van der Waals surface area contributed by atoms with Crippen LogP contribution < -0.4 is 10.2 Å². The normalized spacial score (nSPS) is 17.6. The van der Waals surface area contributed by atoms with Crippen molar-refractivity contribution in [2.24, 2.45) is 0 Å². The van der Waals surface area contributed by atoms with Gasteiger partial charge in [-0.25, -0.2) is 4.98 Å². The molecule has 1 aliphatic heterocycles. The summed E-state index contributed by atoms with van der Waals surface area (Å²) in [5.41, 5.74) is 0. The molecule has 0 amide bonds. The topological polar surface area (TPSA) is 64.5 Å². The van der Waals surface area contributed by atoms with Crippen LogP contribution in [0.1, 0.15) is 6.42 Å². The molecule has 0 saturated carbocycles. The molecular formula is C12H21N5O. The Balaban J connectivity index is 2.00. The van der Waals surface area contributed by atoms with Crippen LogP contribution in [0, 0.1) is 0 Å². The van der Waals surface area contributed by atoms with Crippen molar-refractivity contribution < 1.29 is 5.11 Å². The van der Waals surface area contributed by atoms with Crippen molar-refractivity contribution in [3.63, 3.8) is 0 Å². The Morgan fingerprint density at radius 2 is 2.22 bits per heavy atom. The molecule has 6 heteroatoms. The highest BCUT2D eigenvalue weighted by molar-refractivity contribution is 5.42. The highest BCUT2D eigenvalue weighted by atomic mass is 16.3. The van der Waals surface area contributed by atoms with Crippen molar-refractivity contribution >= 4 is 11.8 Å². The van der Waals surface area contributed by atoms with Crippen molar-refractivity contribution in [1.82, 2.24) is 14.9 Å². The third-order valence-corrected chi connectivity index (χ3v) is 3.19. The zero-order chi connectivity index (χ0) is 12.8. The SMILES string of the molecule is CNc1nccc(N2CCCN(CCO)CC2)n1. The number of anilines is 2. The van der Waals surface area contributed by atoms with E-state index >= 15 is 0 Å². The largest absolute Gasteiger partial charge is 0.395 e. The van der Waals surface area contributed by atoms with Crippen LogP contribution in [0.4, 0.5) is 11.8 Å². The molecule has 0 atom stereocenters. The minimum Gasteiger partial charge on any atom is -0.395 e. The highest BCUT2D eigenvalue weighted by Gasteiger charge is 2.15. The predicted octanol–water partition coefficient (Wildman–Crippen LogP) is 0.0227. The van der Waals surface area contributed by atoms with Gasteiger partial charge in [-0.3, -0.25) is 4.90 Å². The Morgan fingerprint density at radius 1 is 1.33 bits per heavy atom. The van der Waals surface area contributed by atoms with Gasteiger partial charge in [0, 0.05) is 39.4 Å². The first kappa shape index (κ1) is 13.0. The highest BCUT2D eigenvalue weighted by Crippen LogP contribution is 2.14. The van der Waals surface area contributed by atoms with E-state index in [1.807, 2.05) is 13.1 Å². The number of β-amino-alcohol motifs (C(OH)–C–C–N with tert-alkyl or cyclic N) is 1. The van der Waals surface area contributed by atoms with Crippen LogP contribution in [0.25, 0.3) is 0 Å².